The van der Waals surface area contributed by atoms with Gasteiger partial charge in [0.2, 0.25) is 0 Å². The fourth-order valence-electron chi connectivity index (χ4n) is 1.86. The van der Waals surface area contributed by atoms with E-state index in [4.69, 9.17) is 4.74 Å². The second-order valence-corrected chi connectivity index (χ2v) is 6.32. The summed E-state index contributed by atoms with van der Waals surface area (Å²) in [5.41, 5.74) is 0.476. The molecule has 7 heteroatoms. The quantitative estimate of drug-likeness (QED) is 0.251. The van der Waals surface area contributed by atoms with Crippen LogP contribution >= 0.6 is 11.8 Å². The lowest BCUT2D eigenvalue weighted by Crippen LogP contribution is -2.21. The van der Waals surface area contributed by atoms with Gasteiger partial charge in [0.15, 0.2) is 12.4 Å². The van der Waals surface area contributed by atoms with Crippen molar-refractivity contribution in [2.75, 3.05) is 6.61 Å². The number of nitro groups is 1. The molecule has 0 aliphatic heterocycles. The highest BCUT2D eigenvalue weighted by Crippen LogP contribution is 2.26. The van der Waals surface area contributed by atoms with Gasteiger partial charge in [0, 0.05) is 22.6 Å². The van der Waals surface area contributed by atoms with E-state index in [-0.39, 0.29) is 18.1 Å². The molecule has 2 aromatic carbocycles. The fourth-order valence-corrected chi connectivity index (χ4v) is 2.73. The van der Waals surface area contributed by atoms with Crippen molar-refractivity contribution in [3.63, 3.8) is 0 Å². The number of nitrogens with zero attached hydrogens (tertiary/aromatic N) is 1. The van der Waals surface area contributed by atoms with Crippen molar-refractivity contribution in [3.8, 4) is 0 Å². The molecule has 0 fully saturated rings. The highest BCUT2D eigenvalue weighted by atomic mass is 32.2. The second kappa shape index (κ2) is 8.26. The number of ether oxygens (including phenoxy) is 1. The molecule has 2 rings (SSSR count). The molecule has 0 unspecified atom stereocenters. The van der Waals surface area contributed by atoms with Gasteiger partial charge >= 0.3 is 5.97 Å². The lowest BCUT2D eigenvalue weighted by molar-refractivity contribution is -0.384. The van der Waals surface area contributed by atoms with Gasteiger partial charge in [-0.15, -0.1) is 11.8 Å². The number of ketones is 1. The van der Waals surface area contributed by atoms with Gasteiger partial charge in [-0.1, -0.05) is 30.3 Å². The van der Waals surface area contributed by atoms with E-state index in [0.29, 0.717) is 10.5 Å². The molecular formula is C17H15NO5S. The van der Waals surface area contributed by atoms with Crippen molar-refractivity contribution in [1.29, 1.82) is 0 Å². The van der Waals surface area contributed by atoms with Crippen LogP contribution in [0.15, 0.2) is 59.5 Å². The first-order valence-corrected chi connectivity index (χ1v) is 8.01. The van der Waals surface area contributed by atoms with Gasteiger partial charge in [0.25, 0.3) is 5.69 Å². The lowest BCUT2D eigenvalue weighted by Gasteiger charge is -2.11. The van der Waals surface area contributed by atoms with E-state index < -0.39 is 16.1 Å². The number of hydrogen-bond acceptors (Lipinski definition) is 6. The molecule has 124 valence electrons. The average molecular weight is 345 g/mol. The standard InChI is InChI=1S/C17H15NO5S/c1-12(24-15-9-7-14(8-10-15)18(21)22)17(20)23-11-16(19)13-5-3-2-4-6-13/h2-10,12H,11H2,1H3/t12-/m0/s1. The van der Waals surface area contributed by atoms with Gasteiger partial charge < -0.3 is 4.74 Å². The number of benzene rings is 2. The summed E-state index contributed by atoms with van der Waals surface area (Å²) in [5, 5.41) is 10.1. The first kappa shape index (κ1) is 17.7. The maximum Gasteiger partial charge on any atom is 0.319 e. The Labute approximate surface area is 143 Å². The van der Waals surface area contributed by atoms with Crippen LogP contribution in [-0.4, -0.2) is 28.5 Å². The smallest absolute Gasteiger partial charge is 0.319 e. The Morgan fingerprint density at radius 3 is 2.33 bits per heavy atom. The zero-order chi connectivity index (χ0) is 17.5. The molecule has 0 heterocycles. The predicted octanol–water partition coefficient (Wildman–Crippen LogP) is 3.50. The number of nitro benzene ring substituents is 1. The Bertz CT molecular complexity index is 730. The maximum absolute atomic E-state index is 12.0. The summed E-state index contributed by atoms with van der Waals surface area (Å²) >= 11 is 1.21. The number of non-ortho nitro benzene ring substituents is 1. The summed E-state index contributed by atoms with van der Waals surface area (Å²) in [4.78, 5) is 34.7. The van der Waals surface area contributed by atoms with Gasteiger partial charge in [0.1, 0.15) is 5.25 Å². The van der Waals surface area contributed by atoms with Gasteiger partial charge in [-0.2, -0.15) is 0 Å². The Balaban J connectivity index is 1.85. The van der Waals surface area contributed by atoms with Crippen molar-refractivity contribution >= 4 is 29.2 Å². The van der Waals surface area contributed by atoms with E-state index >= 15 is 0 Å². The first-order valence-electron chi connectivity index (χ1n) is 7.13. The van der Waals surface area contributed by atoms with Crippen molar-refractivity contribution in [2.45, 2.75) is 17.1 Å². The number of carbonyl (C=O) groups is 2. The molecule has 0 aromatic heterocycles. The number of rotatable bonds is 7. The molecule has 0 spiro atoms. The van der Waals surface area contributed by atoms with Crippen LogP contribution in [0.3, 0.4) is 0 Å². The molecule has 0 aliphatic rings. The minimum atomic E-state index is -0.532. The molecule has 6 nitrogen and oxygen atoms in total. The molecule has 2 aromatic rings. The zero-order valence-electron chi connectivity index (χ0n) is 12.9. The fraction of sp³-hybridized carbons (Fsp3) is 0.176. The van der Waals surface area contributed by atoms with Crippen LogP contribution in [0.1, 0.15) is 17.3 Å². The Morgan fingerprint density at radius 2 is 1.75 bits per heavy atom. The number of thioether (sulfide) groups is 1. The second-order valence-electron chi connectivity index (χ2n) is 4.91. The minimum Gasteiger partial charge on any atom is -0.456 e. The first-order chi connectivity index (χ1) is 11.5. The van der Waals surface area contributed by atoms with Crippen molar-refractivity contribution in [1.82, 2.24) is 0 Å². The predicted molar refractivity (Wildman–Crippen MR) is 90.1 cm³/mol. The Hall–Kier alpha value is -2.67. The minimum absolute atomic E-state index is 0.0111. The zero-order valence-corrected chi connectivity index (χ0v) is 13.7. The molecule has 0 saturated heterocycles. The number of Topliss-reactive ketones (excluding diaryl/α,β-unsaturated/α-hetero) is 1. The largest absolute Gasteiger partial charge is 0.456 e. The van der Waals surface area contributed by atoms with Gasteiger partial charge in [-0.05, 0) is 19.1 Å². The van der Waals surface area contributed by atoms with Crippen LogP contribution in [0.2, 0.25) is 0 Å². The van der Waals surface area contributed by atoms with Gasteiger partial charge in [-0.25, -0.2) is 0 Å². The molecule has 0 bridgehead atoms. The lowest BCUT2D eigenvalue weighted by atomic mass is 10.1. The van der Waals surface area contributed by atoms with Crippen molar-refractivity contribution in [3.05, 3.63) is 70.3 Å². The Morgan fingerprint density at radius 1 is 1.12 bits per heavy atom. The summed E-state index contributed by atoms with van der Waals surface area (Å²) in [5.74, 6) is -0.779. The van der Waals surface area contributed by atoms with E-state index in [2.05, 4.69) is 0 Å². The van der Waals surface area contributed by atoms with E-state index in [1.54, 1.807) is 49.4 Å². The maximum atomic E-state index is 12.0. The summed E-state index contributed by atoms with van der Waals surface area (Å²) in [6.07, 6.45) is 0. The molecule has 24 heavy (non-hydrogen) atoms. The van der Waals surface area contributed by atoms with Crippen LogP contribution in [0.25, 0.3) is 0 Å². The van der Waals surface area contributed by atoms with Gasteiger partial charge in [-0.3, -0.25) is 19.7 Å². The number of esters is 1. The summed E-state index contributed by atoms with van der Waals surface area (Å²) < 4.78 is 5.04. The van der Waals surface area contributed by atoms with Gasteiger partial charge in [0.05, 0.1) is 4.92 Å². The van der Waals surface area contributed by atoms with Crippen LogP contribution < -0.4 is 0 Å². The monoisotopic (exact) mass is 345 g/mol. The summed E-state index contributed by atoms with van der Waals surface area (Å²) in [6, 6.07) is 14.5. The summed E-state index contributed by atoms with van der Waals surface area (Å²) in [6.45, 7) is 1.34. The topological polar surface area (TPSA) is 86.5 Å². The third-order valence-corrected chi connectivity index (χ3v) is 4.22. The number of hydrogen-bond donors (Lipinski definition) is 0. The van der Waals surface area contributed by atoms with E-state index in [0.717, 1.165) is 0 Å². The average Bonchev–Trinajstić information content (AvgIpc) is 2.60. The Kier molecular flexibility index (Phi) is 6.08. The van der Waals surface area contributed by atoms with Crippen LogP contribution in [0, 0.1) is 10.1 Å². The van der Waals surface area contributed by atoms with Crippen LogP contribution in [0.4, 0.5) is 5.69 Å². The number of carbonyl (C=O) groups excluding carboxylic acids is 2. The highest BCUT2D eigenvalue weighted by molar-refractivity contribution is 8.00. The molecule has 0 saturated carbocycles. The van der Waals surface area contributed by atoms with Crippen molar-refractivity contribution < 1.29 is 19.2 Å². The van der Waals surface area contributed by atoms with E-state index in [1.165, 1.54) is 23.9 Å². The normalized spacial score (nSPS) is 11.5. The SMILES string of the molecule is C[C@H](Sc1ccc([N+](=O)[O-])cc1)C(=O)OCC(=O)c1ccccc1. The van der Waals surface area contributed by atoms with Crippen LogP contribution in [-0.2, 0) is 9.53 Å². The van der Waals surface area contributed by atoms with E-state index in [1.807, 2.05) is 0 Å². The molecule has 1 atom stereocenters. The molecular weight excluding hydrogens is 330 g/mol. The third-order valence-electron chi connectivity index (χ3n) is 3.13. The molecule has 0 amide bonds. The van der Waals surface area contributed by atoms with Crippen molar-refractivity contribution in [2.24, 2.45) is 0 Å². The third kappa shape index (κ3) is 4.92. The molecule has 0 radical (unpaired) electrons. The van der Waals surface area contributed by atoms with E-state index in [9.17, 15) is 19.7 Å². The summed E-state index contributed by atoms with van der Waals surface area (Å²) in [7, 11) is 0. The highest BCUT2D eigenvalue weighted by Gasteiger charge is 2.18. The molecule has 0 N–H and O–H groups in total. The molecule has 0 aliphatic carbocycles. The van der Waals surface area contributed by atoms with Crippen LogP contribution in [0.5, 0.6) is 0 Å².